The number of hydrogen-bond donors (Lipinski definition) is 4. The van der Waals surface area contributed by atoms with Gasteiger partial charge in [-0.3, -0.25) is 4.79 Å². The van der Waals surface area contributed by atoms with Crippen LogP contribution in [-0.2, 0) is 10.0 Å². The van der Waals surface area contributed by atoms with Crippen LogP contribution in [0.3, 0.4) is 0 Å². The van der Waals surface area contributed by atoms with E-state index in [-0.39, 0.29) is 14.9 Å². The van der Waals surface area contributed by atoms with E-state index in [0.717, 1.165) is 0 Å². The third-order valence-corrected chi connectivity index (χ3v) is 5.27. The molecule has 0 bridgehead atoms. The summed E-state index contributed by atoms with van der Waals surface area (Å²) in [7, 11) is -3.95. The highest BCUT2D eigenvalue weighted by molar-refractivity contribution is 7.91. The molecule has 0 unspecified atom stereocenters. The van der Waals surface area contributed by atoms with Gasteiger partial charge in [-0.1, -0.05) is 11.3 Å². The number of aryl methyl sites for hydroxylation is 1. The number of thiazole rings is 1. The number of sulfonamides is 1. The second-order valence-corrected chi connectivity index (χ2v) is 6.35. The molecule has 102 valence electrons. The Bertz CT molecular complexity index is 535. The maximum atomic E-state index is 11.9. The Morgan fingerprint density at radius 3 is 2.44 bits per heavy atom. The average Bonchev–Trinajstić information content (AvgIpc) is 2.69. The molecule has 0 aliphatic heterocycles. The minimum atomic E-state index is -3.95. The summed E-state index contributed by atoms with van der Waals surface area (Å²) < 4.78 is 25.7. The minimum absolute atomic E-state index is 0.113. The Hall–Kier alpha value is -1.07. The molecule has 0 saturated heterocycles. The number of aliphatic hydroxyl groups excluding tert-OH is 2. The highest BCUT2D eigenvalue weighted by Gasteiger charge is 2.25. The van der Waals surface area contributed by atoms with Gasteiger partial charge in [0.1, 0.15) is 0 Å². The maximum absolute atomic E-state index is 11.9. The Balaban J connectivity index is 3.09. The van der Waals surface area contributed by atoms with E-state index in [4.69, 9.17) is 15.9 Å². The Morgan fingerprint density at radius 1 is 1.50 bits per heavy atom. The molecule has 0 aliphatic carbocycles. The van der Waals surface area contributed by atoms with Crippen LogP contribution in [0.2, 0.25) is 0 Å². The normalized spacial score (nSPS) is 12.0. The second kappa shape index (κ2) is 5.71. The lowest BCUT2D eigenvalue weighted by Crippen LogP contribution is -2.39. The number of aliphatic hydroxyl groups is 2. The molecule has 1 rings (SSSR count). The van der Waals surface area contributed by atoms with Crippen molar-refractivity contribution >= 4 is 27.3 Å². The molecular formula is C8H13N3O5S2. The van der Waals surface area contributed by atoms with Gasteiger partial charge < -0.3 is 15.9 Å². The molecule has 0 aromatic carbocycles. The zero-order chi connectivity index (χ0) is 13.9. The number of aromatic nitrogens is 1. The predicted molar refractivity (Wildman–Crippen MR) is 63.7 cm³/mol. The fourth-order valence-corrected chi connectivity index (χ4v) is 3.74. The summed E-state index contributed by atoms with van der Waals surface area (Å²) in [5.74, 6) is -0.814. The van der Waals surface area contributed by atoms with Gasteiger partial charge in [-0.05, 0) is 6.92 Å². The number of carbonyl (C=O) groups is 1. The third-order valence-electron chi connectivity index (χ3n) is 1.97. The largest absolute Gasteiger partial charge is 0.395 e. The smallest absolute Gasteiger partial charge is 0.277 e. The van der Waals surface area contributed by atoms with Crippen molar-refractivity contribution in [2.45, 2.75) is 17.2 Å². The zero-order valence-electron chi connectivity index (χ0n) is 9.45. The molecule has 1 aromatic heterocycles. The van der Waals surface area contributed by atoms with Crippen LogP contribution in [0, 0.1) is 6.92 Å². The topological polar surface area (TPSA) is 143 Å². The van der Waals surface area contributed by atoms with Gasteiger partial charge in [0.25, 0.3) is 15.9 Å². The molecule has 5 N–H and O–H groups in total. The van der Waals surface area contributed by atoms with E-state index in [9.17, 15) is 13.2 Å². The molecule has 0 spiro atoms. The van der Waals surface area contributed by atoms with Crippen LogP contribution < -0.4 is 10.5 Å². The Morgan fingerprint density at radius 2 is 2.06 bits per heavy atom. The molecule has 1 aromatic rings. The van der Waals surface area contributed by atoms with Crippen molar-refractivity contribution in [3.8, 4) is 0 Å². The molecule has 0 aliphatic rings. The van der Waals surface area contributed by atoms with Crippen LogP contribution in [-0.4, -0.2) is 48.8 Å². The summed E-state index contributed by atoms with van der Waals surface area (Å²) >= 11 is 0.638. The second-order valence-electron chi connectivity index (χ2n) is 3.44. The Kier molecular flexibility index (Phi) is 4.76. The van der Waals surface area contributed by atoms with Crippen molar-refractivity contribution in [2.75, 3.05) is 13.2 Å². The number of nitrogens with two attached hydrogens (primary N) is 1. The predicted octanol–water partition coefficient (Wildman–Crippen LogP) is -1.82. The van der Waals surface area contributed by atoms with Gasteiger partial charge >= 0.3 is 0 Å². The van der Waals surface area contributed by atoms with Gasteiger partial charge in [0.05, 0.1) is 24.9 Å². The highest BCUT2D eigenvalue weighted by Crippen LogP contribution is 2.23. The fraction of sp³-hybridized carbons (Fsp3) is 0.500. The van der Waals surface area contributed by atoms with Gasteiger partial charge in [-0.2, -0.15) is 0 Å². The molecule has 0 fully saturated rings. The van der Waals surface area contributed by atoms with Gasteiger partial charge in [0.2, 0.25) is 0 Å². The average molecular weight is 295 g/mol. The van der Waals surface area contributed by atoms with Gasteiger partial charge in [-0.15, -0.1) is 0 Å². The SMILES string of the molecule is Cc1nc(C(N)=O)sc1S(=O)(=O)NC(CO)CO. The maximum Gasteiger partial charge on any atom is 0.277 e. The van der Waals surface area contributed by atoms with Crippen molar-refractivity contribution < 1.29 is 23.4 Å². The lowest BCUT2D eigenvalue weighted by molar-refractivity contribution is 0.0999. The molecule has 1 heterocycles. The van der Waals surface area contributed by atoms with Crippen LogP contribution in [0.1, 0.15) is 15.5 Å². The quantitative estimate of drug-likeness (QED) is 0.487. The van der Waals surface area contributed by atoms with Crippen LogP contribution >= 0.6 is 11.3 Å². The highest BCUT2D eigenvalue weighted by atomic mass is 32.2. The van der Waals surface area contributed by atoms with Crippen LogP contribution in [0.15, 0.2) is 4.21 Å². The van der Waals surface area contributed by atoms with Gasteiger partial charge in [0, 0.05) is 0 Å². The van der Waals surface area contributed by atoms with Crippen LogP contribution in [0.25, 0.3) is 0 Å². The van der Waals surface area contributed by atoms with Gasteiger partial charge in [0.15, 0.2) is 9.22 Å². The van der Waals surface area contributed by atoms with Crippen molar-refractivity contribution in [2.24, 2.45) is 5.73 Å². The van der Waals surface area contributed by atoms with E-state index in [1.165, 1.54) is 6.92 Å². The number of carbonyl (C=O) groups excluding carboxylic acids is 1. The van der Waals surface area contributed by atoms with Gasteiger partial charge in [-0.25, -0.2) is 18.1 Å². The number of rotatable bonds is 6. The van der Waals surface area contributed by atoms with E-state index in [2.05, 4.69) is 9.71 Å². The summed E-state index contributed by atoms with van der Waals surface area (Å²) in [6.07, 6.45) is 0. The van der Waals surface area contributed by atoms with E-state index >= 15 is 0 Å². The van der Waals surface area contributed by atoms with Crippen molar-refractivity contribution in [1.29, 1.82) is 0 Å². The lowest BCUT2D eigenvalue weighted by atomic mass is 10.4. The van der Waals surface area contributed by atoms with E-state index in [0.29, 0.717) is 11.3 Å². The lowest BCUT2D eigenvalue weighted by Gasteiger charge is -2.12. The van der Waals surface area contributed by atoms with Crippen molar-refractivity contribution in [3.63, 3.8) is 0 Å². The monoisotopic (exact) mass is 295 g/mol. The number of primary amides is 1. The molecule has 0 radical (unpaired) electrons. The first kappa shape index (κ1) is 15.0. The van der Waals surface area contributed by atoms with E-state index < -0.39 is 35.2 Å². The number of nitrogens with one attached hydrogen (secondary N) is 1. The molecular weight excluding hydrogens is 282 g/mol. The summed E-state index contributed by atoms with van der Waals surface area (Å²) in [5, 5.41) is 17.5. The molecule has 10 heteroatoms. The van der Waals surface area contributed by atoms with Crippen molar-refractivity contribution in [3.05, 3.63) is 10.7 Å². The van der Waals surface area contributed by atoms with Crippen molar-refractivity contribution in [1.82, 2.24) is 9.71 Å². The molecule has 1 amide bonds. The number of amides is 1. The first-order valence-corrected chi connectivity index (χ1v) is 7.13. The molecule has 18 heavy (non-hydrogen) atoms. The summed E-state index contributed by atoms with van der Waals surface area (Å²) in [6.45, 7) is 0.330. The van der Waals surface area contributed by atoms with E-state index in [1.807, 2.05) is 0 Å². The minimum Gasteiger partial charge on any atom is -0.395 e. The summed E-state index contributed by atoms with van der Waals surface area (Å²) in [5.41, 5.74) is 5.14. The molecule has 0 atom stereocenters. The first-order valence-electron chi connectivity index (χ1n) is 4.83. The third kappa shape index (κ3) is 3.23. The standard InChI is InChI=1S/C8H13N3O5S2/c1-4-8(17-7(10-4)6(9)14)18(15,16)11-5(2-12)3-13/h5,11-13H,2-3H2,1H3,(H2,9,14). The zero-order valence-corrected chi connectivity index (χ0v) is 11.1. The summed E-state index contributed by atoms with van der Waals surface area (Å²) in [6, 6.07) is -1.01. The molecule has 8 nitrogen and oxygen atoms in total. The van der Waals surface area contributed by atoms with E-state index in [1.54, 1.807) is 0 Å². The molecule has 0 saturated carbocycles. The Labute approximate surface area is 108 Å². The first-order chi connectivity index (χ1) is 8.31. The number of nitrogens with zero attached hydrogens (tertiary/aromatic N) is 1. The van der Waals surface area contributed by atoms with Crippen LogP contribution in [0.4, 0.5) is 0 Å². The number of hydrogen-bond acceptors (Lipinski definition) is 7. The fourth-order valence-electron chi connectivity index (χ4n) is 1.14. The summed E-state index contributed by atoms with van der Waals surface area (Å²) in [4.78, 5) is 14.6. The van der Waals surface area contributed by atoms with Crippen LogP contribution in [0.5, 0.6) is 0 Å².